The second-order valence-electron chi connectivity index (χ2n) is 7.22. The molecular weight excluding hydrogens is 304 g/mol. The highest BCUT2D eigenvalue weighted by molar-refractivity contribution is 6.07. The van der Waals surface area contributed by atoms with Gasteiger partial charge in [-0.15, -0.1) is 0 Å². The van der Waals surface area contributed by atoms with Crippen molar-refractivity contribution in [3.63, 3.8) is 0 Å². The van der Waals surface area contributed by atoms with Crippen molar-refractivity contribution >= 4 is 17.7 Å². The van der Waals surface area contributed by atoms with E-state index in [4.69, 9.17) is 0 Å². The molecule has 0 aromatic heterocycles. The Hall–Kier alpha value is -2.17. The summed E-state index contributed by atoms with van der Waals surface area (Å²) >= 11 is 0. The molecule has 1 aromatic rings. The lowest BCUT2D eigenvalue weighted by Gasteiger charge is -2.41. The summed E-state index contributed by atoms with van der Waals surface area (Å²) in [6.07, 6.45) is 3.44. The maximum Gasteiger partial charge on any atom is 0.252 e. The van der Waals surface area contributed by atoms with Crippen molar-refractivity contribution in [2.75, 3.05) is 0 Å². The largest absolute Gasteiger partial charge is 0.343 e. The molecule has 1 aliphatic carbocycles. The lowest BCUT2D eigenvalue weighted by Crippen LogP contribution is -2.52. The van der Waals surface area contributed by atoms with E-state index in [0.29, 0.717) is 6.42 Å². The number of hydrogen-bond donors (Lipinski definition) is 1. The second-order valence-corrected chi connectivity index (χ2v) is 7.22. The van der Waals surface area contributed by atoms with E-state index in [1.54, 1.807) is 0 Å². The first-order chi connectivity index (χ1) is 11.4. The fraction of sp³-hybridized carbons (Fsp3) is 0.526. The Labute approximate surface area is 142 Å². The Bertz CT molecular complexity index is 650. The van der Waals surface area contributed by atoms with E-state index in [1.807, 2.05) is 44.2 Å². The Morgan fingerprint density at radius 2 is 1.92 bits per heavy atom. The van der Waals surface area contributed by atoms with E-state index in [2.05, 4.69) is 5.32 Å². The smallest absolute Gasteiger partial charge is 0.252 e. The van der Waals surface area contributed by atoms with Crippen LogP contribution in [0.2, 0.25) is 0 Å². The molecule has 1 unspecified atom stereocenters. The molecule has 1 aliphatic heterocycles. The summed E-state index contributed by atoms with van der Waals surface area (Å²) in [7, 11) is 0. The van der Waals surface area contributed by atoms with Crippen molar-refractivity contribution in [3.8, 4) is 0 Å². The van der Waals surface area contributed by atoms with Gasteiger partial charge in [-0.1, -0.05) is 36.8 Å². The number of benzene rings is 1. The first kappa shape index (κ1) is 16.7. The van der Waals surface area contributed by atoms with Crippen molar-refractivity contribution in [1.82, 2.24) is 10.2 Å². The van der Waals surface area contributed by atoms with Gasteiger partial charge in [0.15, 0.2) is 0 Å². The highest BCUT2D eigenvalue weighted by Crippen LogP contribution is 2.44. The van der Waals surface area contributed by atoms with Crippen molar-refractivity contribution in [2.24, 2.45) is 5.41 Å². The van der Waals surface area contributed by atoms with Gasteiger partial charge in [0.25, 0.3) is 5.91 Å². The Kier molecular flexibility index (Phi) is 4.43. The number of hydrogen-bond acceptors (Lipinski definition) is 3. The normalized spacial score (nSPS) is 22.6. The third kappa shape index (κ3) is 2.95. The van der Waals surface area contributed by atoms with Gasteiger partial charge >= 0.3 is 0 Å². The number of amides is 3. The standard InChI is InChI=1S/C19H24N2O3/c1-13(2)21-16(22)11-15(17(21)23)20-18(24)19(9-6-10-19)12-14-7-4-3-5-8-14/h3-5,7-8,13,15H,6,9-12H2,1-2H3,(H,20,24). The van der Waals surface area contributed by atoms with Crippen molar-refractivity contribution < 1.29 is 14.4 Å². The van der Waals surface area contributed by atoms with Gasteiger partial charge in [-0.05, 0) is 38.7 Å². The fourth-order valence-electron chi connectivity index (χ4n) is 3.69. The number of nitrogens with zero attached hydrogens (tertiary/aromatic N) is 1. The Morgan fingerprint density at radius 3 is 2.42 bits per heavy atom. The summed E-state index contributed by atoms with van der Waals surface area (Å²) in [5, 5.41) is 2.86. The summed E-state index contributed by atoms with van der Waals surface area (Å²) in [5.41, 5.74) is 0.695. The van der Waals surface area contributed by atoms with E-state index < -0.39 is 11.5 Å². The van der Waals surface area contributed by atoms with E-state index in [1.165, 1.54) is 4.90 Å². The molecule has 3 amide bonds. The molecule has 1 N–H and O–H groups in total. The second kappa shape index (κ2) is 6.38. The third-order valence-corrected chi connectivity index (χ3v) is 5.18. The van der Waals surface area contributed by atoms with Crippen LogP contribution in [0.4, 0.5) is 0 Å². The zero-order valence-electron chi connectivity index (χ0n) is 14.2. The molecule has 1 aromatic carbocycles. The van der Waals surface area contributed by atoms with Gasteiger partial charge < -0.3 is 5.32 Å². The zero-order valence-corrected chi connectivity index (χ0v) is 14.2. The number of likely N-dealkylation sites (tertiary alicyclic amines) is 1. The maximum atomic E-state index is 12.8. The Morgan fingerprint density at radius 1 is 1.25 bits per heavy atom. The summed E-state index contributed by atoms with van der Waals surface area (Å²) in [6.45, 7) is 3.62. The first-order valence-electron chi connectivity index (χ1n) is 8.64. The molecule has 2 fully saturated rings. The molecular formula is C19H24N2O3. The lowest BCUT2D eigenvalue weighted by atomic mass is 9.64. The van der Waals surface area contributed by atoms with Crippen LogP contribution in [0.3, 0.4) is 0 Å². The summed E-state index contributed by atoms with van der Waals surface area (Å²) in [6, 6.07) is 9.07. The molecule has 0 spiro atoms. The van der Waals surface area contributed by atoms with Gasteiger partial charge in [-0.3, -0.25) is 19.3 Å². The van der Waals surface area contributed by atoms with Crippen LogP contribution < -0.4 is 5.32 Å². The lowest BCUT2D eigenvalue weighted by molar-refractivity contribution is -0.143. The van der Waals surface area contributed by atoms with Gasteiger partial charge in [-0.2, -0.15) is 0 Å². The number of nitrogens with one attached hydrogen (secondary N) is 1. The third-order valence-electron chi connectivity index (χ3n) is 5.18. The van der Waals surface area contributed by atoms with Crippen LogP contribution in [0.25, 0.3) is 0 Å². The highest BCUT2D eigenvalue weighted by atomic mass is 16.2. The molecule has 0 bridgehead atoms. The molecule has 5 heteroatoms. The average Bonchev–Trinajstić information content (AvgIpc) is 2.78. The summed E-state index contributed by atoms with van der Waals surface area (Å²) in [4.78, 5) is 38.5. The molecule has 128 valence electrons. The molecule has 1 atom stereocenters. The monoisotopic (exact) mass is 328 g/mol. The van der Waals surface area contributed by atoms with E-state index >= 15 is 0 Å². The molecule has 0 radical (unpaired) electrons. The number of imide groups is 1. The van der Waals surface area contributed by atoms with Gasteiger partial charge in [0.2, 0.25) is 11.8 Å². The van der Waals surface area contributed by atoms with E-state index in [-0.39, 0.29) is 30.2 Å². The van der Waals surface area contributed by atoms with Crippen LogP contribution in [-0.2, 0) is 20.8 Å². The van der Waals surface area contributed by atoms with Crippen LogP contribution in [0.5, 0.6) is 0 Å². The summed E-state index contributed by atoms with van der Waals surface area (Å²) < 4.78 is 0. The molecule has 1 saturated carbocycles. The van der Waals surface area contributed by atoms with Crippen LogP contribution in [0, 0.1) is 5.41 Å². The predicted molar refractivity (Wildman–Crippen MR) is 90.0 cm³/mol. The fourth-order valence-corrected chi connectivity index (χ4v) is 3.69. The van der Waals surface area contributed by atoms with Gasteiger partial charge in [-0.25, -0.2) is 0 Å². The quantitative estimate of drug-likeness (QED) is 0.841. The molecule has 1 heterocycles. The van der Waals surface area contributed by atoms with Crippen molar-refractivity contribution in [1.29, 1.82) is 0 Å². The molecule has 1 saturated heterocycles. The van der Waals surface area contributed by atoms with Crippen molar-refractivity contribution in [2.45, 2.75) is 58.0 Å². The average molecular weight is 328 g/mol. The minimum absolute atomic E-state index is 0.0736. The van der Waals surface area contributed by atoms with Gasteiger partial charge in [0.1, 0.15) is 6.04 Å². The van der Waals surface area contributed by atoms with Crippen LogP contribution in [0.15, 0.2) is 30.3 Å². The SMILES string of the molecule is CC(C)N1C(=O)CC(NC(=O)C2(Cc3ccccc3)CCC2)C1=O. The number of carbonyl (C=O) groups is 3. The minimum Gasteiger partial charge on any atom is -0.343 e. The van der Waals surface area contributed by atoms with E-state index in [0.717, 1.165) is 24.8 Å². The maximum absolute atomic E-state index is 12.8. The van der Waals surface area contributed by atoms with Crippen molar-refractivity contribution in [3.05, 3.63) is 35.9 Å². The molecule has 3 rings (SSSR count). The molecule has 24 heavy (non-hydrogen) atoms. The first-order valence-corrected chi connectivity index (χ1v) is 8.64. The van der Waals surface area contributed by atoms with Crippen LogP contribution >= 0.6 is 0 Å². The Balaban J connectivity index is 1.70. The molecule has 5 nitrogen and oxygen atoms in total. The molecule has 2 aliphatic rings. The van der Waals surface area contributed by atoms with Crippen LogP contribution in [0.1, 0.15) is 45.1 Å². The highest BCUT2D eigenvalue weighted by Gasteiger charge is 2.47. The van der Waals surface area contributed by atoms with E-state index in [9.17, 15) is 14.4 Å². The predicted octanol–water partition coefficient (Wildman–Crippen LogP) is 2.05. The topological polar surface area (TPSA) is 66.5 Å². The summed E-state index contributed by atoms with van der Waals surface area (Å²) in [5.74, 6) is -0.571. The van der Waals surface area contributed by atoms with Gasteiger partial charge in [0.05, 0.1) is 11.8 Å². The number of rotatable bonds is 5. The van der Waals surface area contributed by atoms with Crippen LogP contribution in [-0.4, -0.2) is 34.7 Å². The zero-order chi connectivity index (χ0) is 17.3. The van der Waals surface area contributed by atoms with Gasteiger partial charge in [0, 0.05) is 6.04 Å². The number of carbonyl (C=O) groups excluding carboxylic acids is 3. The minimum atomic E-state index is -0.708.